The molecule has 0 radical (unpaired) electrons. The van der Waals surface area contributed by atoms with Crippen LogP contribution in [0.2, 0.25) is 0 Å². The summed E-state index contributed by atoms with van der Waals surface area (Å²) in [5.41, 5.74) is 3.69. The average Bonchev–Trinajstić information content (AvgIpc) is 3.07. The largest absolute Gasteiger partial charge is 0.252 e. The SMILES string of the molecule is CC1(C)C=CC=C1c1cccc(C(C)(C)c2cccc(-c3ccc(F)nc3F)n2)n1. The fraction of sp³-hybridized carbons (Fsp3) is 0.240. The Morgan fingerprint density at radius 3 is 2.03 bits per heavy atom. The number of allylic oxidation sites excluding steroid dienone is 4. The molecular formula is C25H23F2N3. The monoisotopic (exact) mass is 403 g/mol. The summed E-state index contributed by atoms with van der Waals surface area (Å²) in [6.07, 6.45) is 6.32. The Labute approximate surface area is 175 Å². The fourth-order valence-corrected chi connectivity index (χ4v) is 3.70. The first-order valence-corrected chi connectivity index (χ1v) is 9.86. The summed E-state index contributed by atoms with van der Waals surface area (Å²) in [5, 5.41) is 0. The molecule has 1 aliphatic carbocycles. The first-order valence-electron chi connectivity index (χ1n) is 9.86. The van der Waals surface area contributed by atoms with E-state index >= 15 is 0 Å². The van der Waals surface area contributed by atoms with Gasteiger partial charge in [0.25, 0.3) is 0 Å². The van der Waals surface area contributed by atoms with Crippen molar-refractivity contribution >= 4 is 5.57 Å². The molecule has 3 nitrogen and oxygen atoms in total. The van der Waals surface area contributed by atoms with Crippen LogP contribution >= 0.6 is 0 Å². The quantitative estimate of drug-likeness (QED) is 0.493. The molecule has 30 heavy (non-hydrogen) atoms. The minimum atomic E-state index is -0.875. The van der Waals surface area contributed by atoms with Crippen molar-refractivity contribution in [3.05, 3.63) is 95.7 Å². The summed E-state index contributed by atoms with van der Waals surface area (Å²) in [7, 11) is 0. The van der Waals surface area contributed by atoms with Crippen molar-refractivity contribution in [2.24, 2.45) is 5.41 Å². The minimum Gasteiger partial charge on any atom is -0.252 e. The molecule has 3 aromatic rings. The van der Waals surface area contributed by atoms with E-state index in [9.17, 15) is 8.78 Å². The van der Waals surface area contributed by atoms with E-state index in [1.54, 1.807) is 6.07 Å². The molecule has 0 fully saturated rings. The van der Waals surface area contributed by atoms with Crippen LogP contribution in [0, 0.1) is 17.3 Å². The van der Waals surface area contributed by atoms with Crippen LogP contribution in [0.15, 0.2) is 66.8 Å². The Hall–Kier alpha value is -3.21. The number of pyridine rings is 3. The van der Waals surface area contributed by atoms with E-state index in [0.29, 0.717) is 5.69 Å². The van der Waals surface area contributed by atoms with Crippen LogP contribution < -0.4 is 0 Å². The van der Waals surface area contributed by atoms with Gasteiger partial charge < -0.3 is 0 Å². The third kappa shape index (κ3) is 3.56. The Bertz CT molecular complexity index is 1180. The van der Waals surface area contributed by atoms with Gasteiger partial charge in [0.05, 0.1) is 28.3 Å². The van der Waals surface area contributed by atoms with E-state index in [1.807, 2.05) is 44.2 Å². The lowest BCUT2D eigenvalue weighted by molar-refractivity contribution is 0.514. The first-order chi connectivity index (χ1) is 14.2. The molecule has 0 aliphatic heterocycles. The van der Waals surface area contributed by atoms with E-state index in [4.69, 9.17) is 4.98 Å². The summed E-state index contributed by atoms with van der Waals surface area (Å²) in [6, 6.07) is 13.9. The molecule has 1 aliphatic rings. The Morgan fingerprint density at radius 2 is 1.43 bits per heavy atom. The maximum atomic E-state index is 14.2. The molecule has 5 heteroatoms. The predicted molar refractivity (Wildman–Crippen MR) is 115 cm³/mol. The third-order valence-electron chi connectivity index (χ3n) is 5.62. The molecule has 4 rings (SSSR count). The van der Waals surface area contributed by atoms with Crippen LogP contribution in [0.3, 0.4) is 0 Å². The van der Waals surface area contributed by atoms with Crippen molar-refractivity contribution in [2.45, 2.75) is 33.1 Å². The first kappa shape index (κ1) is 20.1. The highest BCUT2D eigenvalue weighted by Crippen LogP contribution is 2.40. The second kappa shape index (κ2) is 7.24. The molecule has 0 aromatic carbocycles. The fourth-order valence-electron chi connectivity index (χ4n) is 3.70. The maximum Gasteiger partial charge on any atom is 0.224 e. The average molecular weight is 403 g/mol. The lowest BCUT2D eigenvalue weighted by atomic mass is 9.82. The van der Waals surface area contributed by atoms with Crippen molar-refractivity contribution in [1.29, 1.82) is 0 Å². The van der Waals surface area contributed by atoms with Gasteiger partial charge in [-0.1, -0.05) is 44.2 Å². The van der Waals surface area contributed by atoms with Gasteiger partial charge in [-0.05, 0) is 55.8 Å². The van der Waals surface area contributed by atoms with Gasteiger partial charge >= 0.3 is 0 Å². The maximum absolute atomic E-state index is 14.2. The number of hydrogen-bond acceptors (Lipinski definition) is 3. The van der Waals surface area contributed by atoms with Gasteiger partial charge in [-0.3, -0.25) is 9.97 Å². The molecule has 0 atom stereocenters. The molecule has 3 heterocycles. The molecule has 0 unspecified atom stereocenters. The van der Waals surface area contributed by atoms with Crippen molar-refractivity contribution in [1.82, 2.24) is 15.0 Å². The normalized spacial score (nSPS) is 15.3. The summed E-state index contributed by atoms with van der Waals surface area (Å²) in [5.74, 6) is -1.73. The highest BCUT2D eigenvalue weighted by Gasteiger charge is 2.30. The molecule has 0 bridgehead atoms. The van der Waals surface area contributed by atoms with Crippen molar-refractivity contribution in [3.8, 4) is 11.3 Å². The molecule has 3 aromatic heterocycles. The number of aromatic nitrogens is 3. The van der Waals surface area contributed by atoms with E-state index in [0.717, 1.165) is 23.1 Å². The smallest absolute Gasteiger partial charge is 0.224 e. The summed E-state index contributed by atoms with van der Waals surface area (Å²) >= 11 is 0. The highest BCUT2D eigenvalue weighted by atomic mass is 19.1. The van der Waals surface area contributed by atoms with Crippen molar-refractivity contribution in [2.75, 3.05) is 0 Å². The molecule has 152 valence electrons. The van der Waals surface area contributed by atoms with Crippen LogP contribution in [0.5, 0.6) is 0 Å². The minimum absolute atomic E-state index is 0.0684. The van der Waals surface area contributed by atoms with Gasteiger partial charge in [-0.15, -0.1) is 0 Å². The summed E-state index contributed by atoms with van der Waals surface area (Å²) < 4.78 is 27.4. The molecular weight excluding hydrogens is 380 g/mol. The molecule has 0 saturated heterocycles. The van der Waals surface area contributed by atoms with Gasteiger partial charge in [-0.25, -0.2) is 0 Å². The predicted octanol–water partition coefficient (Wildman–Crippen LogP) is 6.12. The van der Waals surface area contributed by atoms with Crippen LogP contribution in [-0.4, -0.2) is 15.0 Å². The number of nitrogens with zero attached hydrogens (tertiary/aromatic N) is 3. The Morgan fingerprint density at radius 1 is 0.800 bits per heavy atom. The molecule has 0 N–H and O–H groups in total. The van der Waals surface area contributed by atoms with E-state index in [-0.39, 0.29) is 11.0 Å². The van der Waals surface area contributed by atoms with Gasteiger partial charge in [0, 0.05) is 10.8 Å². The number of rotatable bonds is 4. The number of hydrogen-bond donors (Lipinski definition) is 0. The van der Waals surface area contributed by atoms with Crippen molar-refractivity contribution < 1.29 is 8.78 Å². The second-order valence-corrected chi connectivity index (χ2v) is 8.57. The van der Waals surface area contributed by atoms with Gasteiger partial charge in [0.1, 0.15) is 0 Å². The zero-order chi connectivity index (χ0) is 21.5. The Kier molecular flexibility index (Phi) is 4.85. The summed E-state index contributed by atoms with van der Waals surface area (Å²) in [6.45, 7) is 8.41. The lowest BCUT2D eigenvalue weighted by Gasteiger charge is -2.26. The Balaban J connectivity index is 1.74. The third-order valence-corrected chi connectivity index (χ3v) is 5.62. The van der Waals surface area contributed by atoms with Crippen LogP contribution in [-0.2, 0) is 5.41 Å². The van der Waals surface area contributed by atoms with Crippen LogP contribution in [0.25, 0.3) is 16.8 Å². The van der Waals surface area contributed by atoms with Gasteiger partial charge in [-0.2, -0.15) is 13.8 Å². The molecule has 0 amide bonds. The lowest BCUT2D eigenvalue weighted by Crippen LogP contribution is -2.23. The van der Waals surface area contributed by atoms with E-state index in [2.05, 4.69) is 42.0 Å². The zero-order valence-corrected chi connectivity index (χ0v) is 17.4. The van der Waals surface area contributed by atoms with E-state index in [1.165, 1.54) is 11.6 Å². The van der Waals surface area contributed by atoms with Crippen molar-refractivity contribution in [3.63, 3.8) is 0 Å². The van der Waals surface area contributed by atoms with E-state index < -0.39 is 17.3 Å². The van der Waals surface area contributed by atoms with Gasteiger partial charge in [0.2, 0.25) is 11.9 Å². The van der Waals surface area contributed by atoms with Crippen LogP contribution in [0.4, 0.5) is 8.78 Å². The van der Waals surface area contributed by atoms with Crippen LogP contribution in [0.1, 0.15) is 44.8 Å². The molecule has 0 saturated carbocycles. The summed E-state index contributed by atoms with van der Waals surface area (Å²) in [4.78, 5) is 12.9. The van der Waals surface area contributed by atoms with Gasteiger partial charge in [0.15, 0.2) is 0 Å². The standard InChI is InChI=1S/C25H23F2N3/c1-24(2)15-7-8-17(24)19-10-6-12-21(29-19)25(3,4)20-11-5-9-18(28-20)16-13-14-22(26)30-23(16)27/h5-15H,1-4H3. The number of halogens is 2. The highest BCUT2D eigenvalue weighted by molar-refractivity contribution is 5.73. The topological polar surface area (TPSA) is 38.7 Å². The molecule has 0 spiro atoms. The zero-order valence-electron chi connectivity index (χ0n) is 17.4. The second-order valence-electron chi connectivity index (χ2n) is 8.57.